The lowest BCUT2D eigenvalue weighted by Gasteiger charge is -2.12. The number of aliphatic hydroxyl groups is 1. The normalized spacial score (nSPS) is 11.8. The Morgan fingerprint density at radius 2 is 2.28 bits per heavy atom. The second-order valence-corrected chi connectivity index (χ2v) is 4.25. The molecule has 1 rings (SSSR count). The molecule has 0 saturated carbocycles. The van der Waals surface area contributed by atoms with Crippen molar-refractivity contribution in [3.63, 3.8) is 0 Å². The third kappa shape index (κ3) is 4.43. The molecule has 5 nitrogen and oxygen atoms in total. The second kappa shape index (κ2) is 7.08. The van der Waals surface area contributed by atoms with E-state index in [1.807, 2.05) is 0 Å². The highest BCUT2D eigenvalue weighted by molar-refractivity contribution is 6.32. The quantitative estimate of drug-likeness (QED) is 0.770. The third-order valence-electron chi connectivity index (χ3n) is 2.27. The Bertz CT molecular complexity index is 410. The lowest BCUT2D eigenvalue weighted by atomic mass is 10.3. The molecular formula is C12H17ClN2O3. The highest BCUT2D eigenvalue weighted by Gasteiger charge is 2.10. The maximum atomic E-state index is 11.6. The van der Waals surface area contributed by atoms with Crippen LogP contribution in [0.5, 0.6) is 5.75 Å². The Labute approximate surface area is 111 Å². The predicted molar refractivity (Wildman–Crippen MR) is 71.3 cm³/mol. The molecule has 6 heteroatoms. The fourth-order valence-corrected chi connectivity index (χ4v) is 1.63. The number of carbonyl (C=O) groups is 1. The van der Waals surface area contributed by atoms with Crippen LogP contribution in [0.3, 0.4) is 0 Å². The topological polar surface area (TPSA) is 70.6 Å². The Hall–Kier alpha value is -1.46. The molecule has 1 unspecified atom stereocenters. The van der Waals surface area contributed by atoms with Crippen LogP contribution in [0.4, 0.5) is 10.5 Å². The first kappa shape index (κ1) is 14.6. The van der Waals surface area contributed by atoms with Crippen LogP contribution >= 0.6 is 11.6 Å². The molecule has 0 aliphatic carbocycles. The summed E-state index contributed by atoms with van der Waals surface area (Å²) in [7, 11) is 1.48. The third-order valence-corrected chi connectivity index (χ3v) is 2.56. The molecule has 2 amide bonds. The number of aliphatic hydroxyl groups excluding tert-OH is 1. The van der Waals surface area contributed by atoms with Gasteiger partial charge in [-0.25, -0.2) is 4.79 Å². The van der Waals surface area contributed by atoms with Crippen LogP contribution in [0.1, 0.15) is 13.3 Å². The molecule has 18 heavy (non-hydrogen) atoms. The van der Waals surface area contributed by atoms with Crippen molar-refractivity contribution in [2.75, 3.05) is 19.0 Å². The monoisotopic (exact) mass is 272 g/mol. The molecule has 0 aliphatic heterocycles. The largest absolute Gasteiger partial charge is 0.493 e. The number of benzene rings is 1. The first-order valence-electron chi connectivity index (χ1n) is 5.60. The van der Waals surface area contributed by atoms with Gasteiger partial charge in [0.15, 0.2) is 5.75 Å². The van der Waals surface area contributed by atoms with Gasteiger partial charge in [0.1, 0.15) is 0 Å². The average Bonchev–Trinajstić information content (AvgIpc) is 2.28. The van der Waals surface area contributed by atoms with Gasteiger partial charge in [0.25, 0.3) is 0 Å². The molecule has 0 bridgehead atoms. The zero-order valence-corrected chi connectivity index (χ0v) is 11.1. The number of methoxy groups -OCH3 is 1. The lowest BCUT2D eigenvalue weighted by Crippen LogP contribution is -2.31. The van der Waals surface area contributed by atoms with Crippen molar-refractivity contribution in [2.45, 2.75) is 19.4 Å². The fourth-order valence-electron chi connectivity index (χ4n) is 1.38. The van der Waals surface area contributed by atoms with Crippen LogP contribution in [0.25, 0.3) is 0 Å². The molecule has 0 aromatic heterocycles. The molecule has 1 atom stereocenters. The molecule has 3 N–H and O–H groups in total. The minimum absolute atomic E-state index is 0.365. The van der Waals surface area contributed by atoms with Crippen molar-refractivity contribution in [1.82, 2.24) is 5.32 Å². The molecule has 0 radical (unpaired) electrons. The summed E-state index contributed by atoms with van der Waals surface area (Å²) in [6.45, 7) is 2.06. The number of nitrogens with one attached hydrogen (secondary N) is 2. The maximum Gasteiger partial charge on any atom is 0.319 e. The number of carbonyl (C=O) groups excluding carboxylic acids is 1. The summed E-state index contributed by atoms with van der Waals surface area (Å²) in [5.41, 5.74) is 0.500. The van der Waals surface area contributed by atoms with Gasteiger partial charge in [0.05, 0.1) is 23.9 Å². The number of anilines is 1. The maximum absolute atomic E-state index is 11.6. The van der Waals surface area contributed by atoms with Crippen LogP contribution in [0.2, 0.25) is 5.02 Å². The number of rotatable bonds is 5. The van der Waals surface area contributed by atoms with E-state index < -0.39 is 6.10 Å². The van der Waals surface area contributed by atoms with E-state index in [2.05, 4.69) is 10.6 Å². The molecule has 0 saturated heterocycles. The van der Waals surface area contributed by atoms with Gasteiger partial charge in [0.2, 0.25) is 0 Å². The highest BCUT2D eigenvalue weighted by Crippen LogP contribution is 2.32. The van der Waals surface area contributed by atoms with E-state index in [1.54, 1.807) is 25.1 Å². The lowest BCUT2D eigenvalue weighted by molar-refractivity contribution is 0.184. The molecule has 1 aromatic carbocycles. The molecule has 0 aliphatic rings. The first-order valence-corrected chi connectivity index (χ1v) is 5.97. The number of ether oxygens (including phenoxy) is 1. The average molecular weight is 273 g/mol. The Morgan fingerprint density at radius 1 is 1.56 bits per heavy atom. The highest BCUT2D eigenvalue weighted by atomic mass is 35.5. The molecule has 100 valence electrons. The van der Waals surface area contributed by atoms with Crippen LogP contribution < -0.4 is 15.4 Å². The van der Waals surface area contributed by atoms with Crippen molar-refractivity contribution in [2.24, 2.45) is 0 Å². The summed E-state index contributed by atoms with van der Waals surface area (Å²) in [6, 6.07) is 4.72. The Balaban J connectivity index is 2.56. The van der Waals surface area contributed by atoms with Crippen molar-refractivity contribution in [1.29, 1.82) is 0 Å². The summed E-state index contributed by atoms with van der Waals surface area (Å²) >= 11 is 5.93. The number of hydrogen-bond acceptors (Lipinski definition) is 3. The van der Waals surface area contributed by atoms with Crippen molar-refractivity contribution in [3.05, 3.63) is 23.2 Å². The second-order valence-electron chi connectivity index (χ2n) is 3.84. The molecule has 1 aromatic rings. The van der Waals surface area contributed by atoms with Crippen molar-refractivity contribution in [3.8, 4) is 5.75 Å². The number of halogens is 1. The molecular weight excluding hydrogens is 256 g/mol. The predicted octanol–water partition coefficient (Wildman–Crippen LogP) is 2.24. The van der Waals surface area contributed by atoms with Gasteiger partial charge in [-0.15, -0.1) is 0 Å². The van der Waals surface area contributed by atoms with Crippen LogP contribution in [0.15, 0.2) is 18.2 Å². The van der Waals surface area contributed by atoms with Gasteiger partial charge in [-0.1, -0.05) is 17.7 Å². The minimum Gasteiger partial charge on any atom is -0.493 e. The Morgan fingerprint density at radius 3 is 2.89 bits per heavy atom. The van der Waals surface area contributed by atoms with Gasteiger partial charge >= 0.3 is 6.03 Å². The summed E-state index contributed by atoms with van der Waals surface area (Å²) in [5.74, 6) is 0.421. The minimum atomic E-state index is -0.439. The van der Waals surface area contributed by atoms with Crippen molar-refractivity contribution < 1.29 is 14.6 Å². The van der Waals surface area contributed by atoms with E-state index in [1.165, 1.54) is 7.11 Å². The zero-order chi connectivity index (χ0) is 13.5. The van der Waals surface area contributed by atoms with Gasteiger partial charge in [0, 0.05) is 6.54 Å². The summed E-state index contributed by atoms with van der Waals surface area (Å²) < 4.78 is 5.11. The van der Waals surface area contributed by atoms with Crippen LogP contribution in [-0.2, 0) is 0 Å². The molecule has 0 spiro atoms. The van der Waals surface area contributed by atoms with Gasteiger partial charge in [-0.05, 0) is 25.5 Å². The number of para-hydroxylation sites is 1. The molecule has 0 heterocycles. The van der Waals surface area contributed by atoms with E-state index in [4.69, 9.17) is 21.4 Å². The van der Waals surface area contributed by atoms with E-state index in [0.717, 1.165) is 0 Å². The summed E-state index contributed by atoms with van der Waals surface area (Å²) in [5, 5.41) is 14.8. The fraction of sp³-hybridized carbons (Fsp3) is 0.417. The van der Waals surface area contributed by atoms with E-state index in [9.17, 15) is 4.79 Å². The van der Waals surface area contributed by atoms with Crippen molar-refractivity contribution >= 4 is 23.3 Å². The molecule has 0 fully saturated rings. The zero-order valence-electron chi connectivity index (χ0n) is 10.4. The van der Waals surface area contributed by atoms with Gasteiger partial charge in [-0.2, -0.15) is 0 Å². The van der Waals surface area contributed by atoms with E-state index in [-0.39, 0.29) is 6.03 Å². The van der Waals surface area contributed by atoms with Gasteiger partial charge in [-0.3, -0.25) is 0 Å². The van der Waals surface area contributed by atoms with E-state index >= 15 is 0 Å². The van der Waals surface area contributed by atoms with Crippen LogP contribution in [0, 0.1) is 0 Å². The number of hydrogen-bond donors (Lipinski definition) is 3. The van der Waals surface area contributed by atoms with Gasteiger partial charge < -0.3 is 20.5 Å². The SMILES string of the molecule is COc1c(Cl)cccc1NC(=O)NCCC(C)O. The van der Waals surface area contributed by atoms with Crippen LogP contribution in [-0.4, -0.2) is 30.9 Å². The first-order chi connectivity index (χ1) is 8.54. The summed E-state index contributed by atoms with van der Waals surface area (Å²) in [6.07, 6.45) is 0.0612. The summed E-state index contributed by atoms with van der Waals surface area (Å²) in [4.78, 5) is 11.6. The number of urea groups is 1. The van der Waals surface area contributed by atoms with E-state index in [0.29, 0.717) is 29.4 Å². The Kier molecular flexibility index (Phi) is 5.74. The smallest absolute Gasteiger partial charge is 0.319 e. The standard InChI is InChI=1S/C12H17ClN2O3/c1-8(16)6-7-14-12(17)15-10-5-3-4-9(13)11(10)18-2/h3-5,8,16H,6-7H2,1-2H3,(H2,14,15,17). The number of amides is 2.